The van der Waals surface area contributed by atoms with E-state index in [1.165, 1.54) is 17.4 Å². The fourth-order valence-corrected chi connectivity index (χ4v) is 5.43. The predicted molar refractivity (Wildman–Crippen MR) is 127 cm³/mol. The number of benzene rings is 2. The highest BCUT2D eigenvalue weighted by Gasteiger charge is 2.22. The van der Waals surface area contributed by atoms with Gasteiger partial charge in [0.25, 0.3) is 10.0 Å². The second-order valence-corrected chi connectivity index (χ2v) is 9.58. The van der Waals surface area contributed by atoms with Crippen LogP contribution in [-0.2, 0) is 10.0 Å². The first-order chi connectivity index (χ1) is 15.4. The highest BCUT2D eigenvalue weighted by Crippen LogP contribution is 2.33. The van der Waals surface area contributed by atoms with E-state index in [-0.39, 0.29) is 10.6 Å². The topological polar surface area (TPSA) is 90.4 Å². The summed E-state index contributed by atoms with van der Waals surface area (Å²) in [5.41, 5.74) is 3.00. The molecular weight excluding hydrogens is 446 g/mol. The summed E-state index contributed by atoms with van der Waals surface area (Å²) < 4.78 is 40.1. The molecular formula is C23H23N3O4S2. The molecule has 4 rings (SSSR count). The van der Waals surface area contributed by atoms with Gasteiger partial charge in [-0.15, -0.1) is 0 Å². The van der Waals surface area contributed by atoms with Crippen molar-refractivity contribution < 1.29 is 17.9 Å². The van der Waals surface area contributed by atoms with Gasteiger partial charge in [-0.1, -0.05) is 11.3 Å². The Kier molecular flexibility index (Phi) is 6.29. The minimum atomic E-state index is -3.91. The Morgan fingerprint density at radius 1 is 1.03 bits per heavy atom. The molecule has 0 aliphatic carbocycles. The van der Waals surface area contributed by atoms with E-state index in [2.05, 4.69) is 14.7 Å². The molecule has 0 saturated heterocycles. The summed E-state index contributed by atoms with van der Waals surface area (Å²) in [5, 5.41) is 0.833. The molecule has 0 spiro atoms. The van der Waals surface area contributed by atoms with Gasteiger partial charge in [0.05, 0.1) is 18.9 Å². The van der Waals surface area contributed by atoms with Gasteiger partial charge in [-0.25, -0.2) is 18.4 Å². The first-order valence-electron chi connectivity index (χ1n) is 10.2. The Bertz CT molecular complexity index is 1330. The van der Waals surface area contributed by atoms with E-state index in [0.717, 1.165) is 26.5 Å². The predicted octanol–water partition coefficient (Wildman–Crippen LogP) is 5.26. The van der Waals surface area contributed by atoms with Crippen LogP contribution >= 0.6 is 11.3 Å². The largest absolute Gasteiger partial charge is 0.494 e. The number of anilines is 1. The third kappa shape index (κ3) is 4.53. The number of sulfonamides is 1. The van der Waals surface area contributed by atoms with Crippen molar-refractivity contribution in [2.45, 2.75) is 25.7 Å². The molecule has 0 radical (unpaired) electrons. The maximum atomic E-state index is 13.2. The number of pyridine rings is 1. The van der Waals surface area contributed by atoms with Crippen molar-refractivity contribution >= 4 is 37.4 Å². The summed E-state index contributed by atoms with van der Waals surface area (Å²) in [6.45, 7) is 6.28. The normalized spacial score (nSPS) is 11.5. The zero-order valence-corrected chi connectivity index (χ0v) is 19.6. The molecule has 0 fully saturated rings. The lowest BCUT2D eigenvalue weighted by atomic mass is 10.1. The molecule has 2 aromatic carbocycles. The standard InChI is InChI=1S/C23H23N3O4S2/c1-4-29-17-9-11-20(30-5-2)21(14-17)32(27,28)26-18-10-8-16(13-15(18)3)22-25-19-7-6-12-24-23(19)31-22/h6-14,26H,4-5H2,1-3H3. The molecule has 2 aromatic heterocycles. The lowest BCUT2D eigenvalue weighted by Gasteiger charge is -2.15. The average Bonchev–Trinajstić information content (AvgIpc) is 3.21. The van der Waals surface area contributed by atoms with Crippen LogP contribution in [0.5, 0.6) is 11.5 Å². The van der Waals surface area contributed by atoms with E-state index in [4.69, 9.17) is 9.47 Å². The maximum absolute atomic E-state index is 13.2. The van der Waals surface area contributed by atoms with E-state index in [1.807, 2.05) is 38.1 Å². The summed E-state index contributed by atoms with van der Waals surface area (Å²) in [6, 6.07) is 14.1. The van der Waals surface area contributed by atoms with Crippen LogP contribution in [0.15, 0.2) is 59.6 Å². The van der Waals surface area contributed by atoms with Crippen LogP contribution in [0.25, 0.3) is 20.9 Å². The van der Waals surface area contributed by atoms with E-state index in [1.54, 1.807) is 31.3 Å². The molecule has 2 heterocycles. The Hall–Kier alpha value is -3.17. The number of nitrogens with zero attached hydrogens (tertiary/aromatic N) is 2. The van der Waals surface area contributed by atoms with E-state index in [9.17, 15) is 8.42 Å². The van der Waals surface area contributed by atoms with Gasteiger partial charge in [-0.2, -0.15) is 0 Å². The summed E-state index contributed by atoms with van der Waals surface area (Å²) in [6.07, 6.45) is 1.74. The van der Waals surface area contributed by atoms with Crippen molar-refractivity contribution in [3.8, 4) is 22.1 Å². The molecule has 1 N–H and O–H groups in total. The number of fused-ring (bicyclic) bond motifs is 1. The smallest absolute Gasteiger partial charge is 0.265 e. The second kappa shape index (κ2) is 9.13. The molecule has 0 saturated carbocycles. The second-order valence-electron chi connectivity index (χ2n) is 6.96. The van der Waals surface area contributed by atoms with Gasteiger partial charge >= 0.3 is 0 Å². The van der Waals surface area contributed by atoms with E-state index >= 15 is 0 Å². The van der Waals surface area contributed by atoms with Crippen LogP contribution in [0.3, 0.4) is 0 Å². The minimum absolute atomic E-state index is 0.0334. The van der Waals surface area contributed by atoms with Gasteiger partial charge in [0.2, 0.25) is 0 Å². The number of hydrogen-bond acceptors (Lipinski definition) is 7. The Labute approximate surface area is 191 Å². The fraction of sp³-hybridized carbons (Fsp3) is 0.217. The number of thiazole rings is 1. The van der Waals surface area contributed by atoms with Gasteiger partial charge in [-0.3, -0.25) is 4.72 Å². The Morgan fingerprint density at radius 2 is 1.84 bits per heavy atom. The van der Waals surface area contributed by atoms with E-state index in [0.29, 0.717) is 24.7 Å². The van der Waals surface area contributed by atoms with Crippen LogP contribution < -0.4 is 14.2 Å². The number of hydrogen-bond donors (Lipinski definition) is 1. The zero-order valence-electron chi connectivity index (χ0n) is 18.0. The molecule has 0 amide bonds. The molecule has 32 heavy (non-hydrogen) atoms. The fourth-order valence-electron chi connectivity index (χ4n) is 3.23. The minimum Gasteiger partial charge on any atom is -0.494 e. The Balaban J connectivity index is 1.65. The third-order valence-electron chi connectivity index (χ3n) is 4.70. The highest BCUT2D eigenvalue weighted by molar-refractivity contribution is 7.92. The van der Waals surface area contributed by atoms with Gasteiger partial charge in [0.15, 0.2) is 0 Å². The van der Waals surface area contributed by atoms with Crippen molar-refractivity contribution in [1.29, 1.82) is 0 Å². The average molecular weight is 470 g/mol. The van der Waals surface area contributed by atoms with Crippen LogP contribution in [-0.4, -0.2) is 31.6 Å². The lowest BCUT2D eigenvalue weighted by Crippen LogP contribution is -2.15. The van der Waals surface area contributed by atoms with Gasteiger partial charge in [0, 0.05) is 17.8 Å². The molecule has 0 aliphatic rings. The van der Waals surface area contributed by atoms with Gasteiger partial charge in [-0.05, 0) is 68.8 Å². The van der Waals surface area contributed by atoms with Crippen LogP contribution in [0.1, 0.15) is 19.4 Å². The number of ether oxygens (including phenoxy) is 2. The molecule has 0 bridgehead atoms. The third-order valence-corrected chi connectivity index (χ3v) is 7.11. The molecule has 166 valence electrons. The van der Waals surface area contributed by atoms with Crippen molar-refractivity contribution in [3.05, 3.63) is 60.3 Å². The molecule has 0 atom stereocenters. The molecule has 4 aromatic rings. The number of nitrogens with one attached hydrogen (secondary N) is 1. The Morgan fingerprint density at radius 3 is 2.56 bits per heavy atom. The van der Waals surface area contributed by atoms with Gasteiger partial charge < -0.3 is 9.47 Å². The summed E-state index contributed by atoms with van der Waals surface area (Å²) in [5.74, 6) is 0.743. The molecule has 0 aliphatic heterocycles. The van der Waals surface area contributed by atoms with Crippen molar-refractivity contribution in [3.63, 3.8) is 0 Å². The number of rotatable bonds is 8. The van der Waals surface area contributed by atoms with E-state index < -0.39 is 10.0 Å². The number of aryl methyl sites for hydroxylation is 1. The van der Waals surface area contributed by atoms with Crippen LogP contribution in [0.4, 0.5) is 5.69 Å². The number of aromatic nitrogens is 2. The summed E-state index contributed by atoms with van der Waals surface area (Å²) in [4.78, 5) is 9.85. The monoisotopic (exact) mass is 469 g/mol. The quantitative estimate of drug-likeness (QED) is 0.378. The highest BCUT2D eigenvalue weighted by atomic mass is 32.2. The SMILES string of the molecule is CCOc1ccc(OCC)c(S(=O)(=O)Nc2ccc(-c3nc4cccnc4s3)cc2C)c1. The zero-order chi connectivity index (χ0) is 22.7. The first-order valence-corrected chi connectivity index (χ1v) is 12.5. The molecule has 0 unspecified atom stereocenters. The maximum Gasteiger partial charge on any atom is 0.265 e. The summed E-state index contributed by atoms with van der Waals surface area (Å²) in [7, 11) is -3.91. The molecule has 9 heteroatoms. The van der Waals surface area contributed by atoms with Crippen molar-refractivity contribution in [1.82, 2.24) is 9.97 Å². The van der Waals surface area contributed by atoms with Crippen LogP contribution in [0, 0.1) is 6.92 Å². The summed E-state index contributed by atoms with van der Waals surface area (Å²) >= 11 is 1.50. The van der Waals surface area contributed by atoms with Crippen LogP contribution in [0.2, 0.25) is 0 Å². The lowest BCUT2D eigenvalue weighted by molar-refractivity contribution is 0.322. The van der Waals surface area contributed by atoms with Crippen molar-refractivity contribution in [2.75, 3.05) is 17.9 Å². The first kappa shape index (κ1) is 22.0. The van der Waals surface area contributed by atoms with Gasteiger partial charge in [0.1, 0.15) is 31.7 Å². The molecule has 7 nitrogen and oxygen atoms in total. The van der Waals surface area contributed by atoms with Crippen molar-refractivity contribution in [2.24, 2.45) is 0 Å².